The second kappa shape index (κ2) is 7.00. The molecule has 0 spiro atoms. The van der Waals surface area contributed by atoms with Gasteiger partial charge in [-0.15, -0.1) is 0 Å². The van der Waals surface area contributed by atoms with Gasteiger partial charge in [0, 0.05) is 11.6 Å². The van der Waals surface area contributed by atoms with Crippen molar-refractivity contribution in [2.75, 3.05) is 5.32 Å². The van der Waals surface area contributed by atoms with E-state index in [1.54, 1.807) is 25.1 Å². The molecule has 6 nitrogen and oxygen atoms in total. The molecule has 0 saturated heterocycles. The largest absolute Gasteiger partial charge is 0.506 e. The quantitative estimate of drug-likeness (QED) is 0.617. The molecule has 3 N–H and O–H groups in total. The van der Waals surface area contributed by atoms with Crippen molar-refractivity contribution < 1.29 is 15.0 Å². The number of rotatable bonds is 5. The minimum Gasteiger partial charge on any atom is -0.506 e. The summed E-state index contributed by atoms with van der Waals surface area (Å²) in [6.07, 6.45) is -0.118. The molecule has 6 heteroatoms. The Morgan fingerprint density at radius 1 is 1.08 bits per heavy atom. The van der Waals surface area contributed by atoms with E-state index in [-0.39, 0.29) is 12.2 Å². The van der Waals surface area contributed by atoms with Crippen molar-refractivity contribution >= 4 is 17.5 Å². The first kappa shape index (κ1) is 16.4. The van der Waals surface area contributed by atoms with E-state index in [9.17, 15) is 9.90 Å². The molecule has 1 aromatic heterocycles. The van der Waals surface area contributed by atoms with Gasteiger partial charge in [-0.05, 0) is 24.6 Å². The van der Waals surface area contributed by atoms with Crippen molar-refractivity contribution in [2.45, 2.75) is 13.3 Å². The number of hydrogen-bond donors (Lipinski definition) is 3. The number of aromatic nitrogens is 2. The number of aryl methyl sites for hydroxylation is 1. The third-order valence-corrected chi connectivity index (χ3v) is 3.59. The fourth-order valence-electron chi connectivity index (χ4n) is 2.49. The summed E-state index contributed by atoms with van der Waals surface area (Å²) in [6, 6.07) is 16.1. The first-order chi connectivity index (χ1) is 12.0. The summed E-state index contributed by atoms with van der Waals surface area (Å²) in [6.45, 7) is 1.79. The van der Waals surface area contributed by atoms with Crippen molar-refractivity contribution in [3.05, 3.63) is 66.0 Å². The van der Waals surface area contributed by atoms with Crippen LogP contribution in [-0.4, -0.2) is 26.2 Å². The molecule has 0 fully saturated rings. The molecule has 1 heterocycles. The van der Waals surface area contributed by atoms with Crippen molar-refractivity contribution in [1.29, 1.82) is 0 Å². The van der Waals surface area contributed by atoms with Gasteiger partial charge in [0.15, 0.2) is 0 Å². The van der Waals surface area contributed by atoms with Gasteiger partial charge in [-0.25, -0.2) is 9.97 Å². The Bertz CT molecular complexity index is 911. The summed E-state index contributed by atoms with van der Waals surface area (Å²) in [5, 5.41) is 22.0. The molecule has 25 heavy (non-hydrogen) atoms. The van der Waals surface area contributed by atoms with Crippen molar-refractivity contribution in [1.82, 2.24) is 9.97 Å². The summed E-state index contributed by atoms with van der Waals surface area (Å²) in [7, 11) is 0. The third kappa shape index (κ3) is 4.11. The van der Waals surface area contributed by atoms with Crippen LogP contribution in [0.1, 0.15) is 11.4 Å². The zero-order chi connectivity index (χ0) is 17.8. The second-order valence-electron chi connectivity index (χ2n) is 5.60. The van der Waals surface area contributed by atoms with Crippen LogP contribution >= 0.6 is 0 Å². The van der Waals surface area contributed by atoms with Gasteiger partial charge in [0.05, 0.1) is 17.8 Å². The van der Waals surface area contributed by atoms with Crippen LogP contribution in [0.3, 0.4) is 0 Å². The minimum absolute atomic E-state index is 0.0201. The van der Waals surface area contributed by atoms with Crippen LogP contribution in [0.4, 0.5) is 11.5 Å². The number of aliphatic carboxylic acids is 1. The number of hydrogen-bond acceptors (Lipinski definition) is 5. The Hall–Kier alpha value is -3.41. The smallest absolute Gasteiger partial charge is 0.307 e. The van der Waals surface area contributed by atoms with Crippen LogP contribution in [0, 0.1) is 6.92 Å². The van der Waals surface area contributed by atoms with Crippen LogP contribution in [0.5, 0.6) is 5.75 Å². The zero-order valence-corrected chi connectivity index (χ0v) is 13.6. The van der Waals surface area contributed by atoms with Crippen LogP contribution in [0.15, 0.2) is 54.6 Å². The number of phenolic OH excluding ortho intramolecular Hbond substituents is 1. The lowest BCUT2D eigenvalue weighted by atomic mass is 10.1. The zero-order valence-electron chi connectivity index (χ0n) is 13.6. The number of phenols is 1. The van der Waals surface area contributed by atoms with Crippen LogP contribution in [0.2, 0.25) is 0 Å². The highest BCUT2D eigenvalue weighted by atomic mass is 16.4. The Morgan fingerprint density at radius 3 is 2.56 bits per heavy atom. The average molecular weight is 335 g/mol. The maximum Gasteiger partial charge on any atom is 0.307 e. The Kier molecular flexibility index (Phi) is 4.61. The van der Waals surface area contributed by atoms with E-state index in [1.807, 2.05) is 30.3 Å². The highest BCUT2D eigenvalue weighted by Gasteiger charge is 2.09. The van der Waals surface area contributed by atoms with Crippen molar-refractivity contribution in [3.8, 4) is 17.0 Å². The van der Waals surface area contributed by atoms with Crippen molar-refractivity contribution in [2.24, 2.45) is 0 Å². The summed E-state index contributed by atoms with van der Waals surface area (Å²) < 4.78 is 0. The number of carboxylic acids is 1. The maximum atomic E-state index is 10.9. The summed E-state index contributed by atoms with van der Waals surface area (Å²) in [5.74, 6) is 0.201. The molecule has 3 rings (SSSR count). The monoisotopic (exact) mass is 335 g/mol. The fourth-order valence-corrected chi connectivity index (χ4v) is 2.49. The molecule has 0 aliphatic carbocycles. The first-order valence-electron chi connectivity index (χ1n) is 7.73. The van der Waals surface area contributed by atoms with Gasteiger partial charge in [0.25, 0.3) is 0 Å². The van der Waals surface area contributed by atoms with Gasteiger partial charge < -0.3 is 15.5 Å². The van der Waals surface area contributed by atoms with E-state index >= 15 is 0 Å². The molecule has 0 radical (unpaired) electrons. The Morgan fingerprint density at radius 2 is 1.84 bits per heavy atom. The summed E-state index contributed by atoms with van der Waals surface area (Å²) in [5.41, 5.74) is 2.70. The van der Waals surface area contributed by atoms with E-state index in [0.29, 0.717) is 22.9 Å². The molecule has 0 unspecified atom stereocenters. The molecule has 126 valence electrons. The lowest BCUT2D eigenvalue weighted by Gasteiger charge is -2.11. The van der Waals surface area contributed by atoms with E-state index in [0.717, 1.165) is 11.3 Å². The highest BCUT2D eigenvalue weighted by molar-refractivity contribution is 5.73. The van der Waals surface area contributed by atoms with E-state index in [4.69, 9.17) is 5.11 Å². The minimum atomic E-state index is -0.930. The summed E-state index contributed by atoms with van der Waals surface area (Å²) >= 11 is 0. The molecule has 0 aliphatic heterocycles. The molecular formula is C19H17N3O3. The van der Waals surface area contributed by atoms with Crippen LogP contribution < -0.4 is 5.32 Å². The molecule has 0 aliphatic rings. The second-order valence-corrected chi connectivity index (χ2v) is 5.60. The molecule has 0 saturated carbocycles. The van der Waals surface area contributed by atoms with Gasteiger partial charge >= 0.3 is 5.97 Å². The topological polar surface area (TPSA) is 95.3 Å². The number of benzene rings is 2. The summed E-state index contributed by atoms with van der Waals surface area (Å²) in [4.78, 5) is 19.6. The maximum absolute atomic E-state index is 10.9. The number of aromatic hydroxyl groups is 1. The average Bonchev–Trinajstić information content (AvgIpc) is 2.58. The molecule has 0 atom stereocenters. The molecule has 0 bridgehead atoms. The standard InChI is InChI=1S/C19H17N3O3/c1-12-20-15(14-5-3-2-4-6-14)11-18(21-12)22-16-9-13(10-19(24)25)7-8-17(16)23/h2-9,11,23H,10H2,1H3,(H,24,25)(H,20,21,22). The number of carboxylic acid groups (broad SMARTS) is 1. The van der Waals surface area contributed by atoms with Crippen LogP contribution in [0.25, 0.3) is 11.3 Å². The van der Waals surface area contributed by atoms with E-state index in [2.05, 4.69) is 15.3 Å². The number of nitrogens with one attached hydrogen (secondary N) is 1. The van der Waals surface area contributed by atoms with Crippen molar-refractivity contribution in [3.63, 3.8) is 0 Å². The molecular weight excluding hydrogens is 318 g/mol. The predicted octanol–water partition coefficient (Wildman–Crippen LogP) is 3.53. The fraction of sp³-hybridized carbons (Fsp3) is 0.105. The number of anilines is 2. The normalized spacial score (nSPS) is 10.4. The van der Waals surface area contributed by atoms with Gasteiger partial charge in [-0.3, -0.25) is 4.79 Å². The Balaban J connectivity index is 1.93. The number of nitrogens with zero attached hydrogens (tertiary/aromatic N) is 2. The van der Waals surface area contributed by atoms with Gasteiger partial charge in [-0.2, -0.15) is 0 Å². The number of carbonyl (C=O) groups is 1. The van der Waals surface area contributed by atoms with E-state index < -0.39 is 5.97 Å². The van der Waals surface area contributed by atoms with Gasteiger partial charge in [0.1, 0.15) is 17.4 Å². The van der Waals surface area contributed by atoms with Crippen LogP contribution in [-0.2, 0) is 11.2 Å². The SMILES string of the molecule is Cc1nc(Nc2cc(CC(=O)O)ccc2O)cc(-c2ccccc2)n1. The molecule has 0 amide bonds. The Labute approximate surface area is 144 Å². The lowest BCUT2D eigenvalue weighted by molar-refractivity contribution is -0.136. The third-order valence-electron chi connectivity index (χ3n) is 3.59. The van der Waals surface area contributed by atoms with Gasteiger partial charge in [0.2, 0.25) is 0 Å². The van der Waals surface area contributed by atoms with Gasteiger partial charge in [-0.1, -0.05) is 36.4 Å². The predicted molar refractivity (Wildman–Crippen MR) is 94.9 cm³/mol. The molecule has 2 aromatic carbocycles. The van der Waals surface area contributed by atoms with E-state index in [1.165, 1.54) is 6.07 Å². The first-order valence-corrected chi connectivity index (χ1v) is 7.73. The lowest BCUT2D eigenvalue weighted by Crippen LogP contribution is -2.02. The highest BCUT2D eigenvalue weighted by Crippen LogP contribution is 2.28. The molecule has 3 aromatic rings.